The summed E-state index contributed by atoms with van der Waals surface area (Å²) in [6.45, 7) is 76.2. The first-order valence-corrected chi connectivity index (χ1v) is 32.6. The number of aromatic amines is 1. The molecule has 0 spiro atoms. The summed E-state index contributed by atoms with van der Waals surface area (Å²) in [5.41, 5.74) is 4.31. The lowest BCUT2D eigenvalue weighted by Crippen LogP contribution is -2.52. The molecule has 0 saturated carbocycles. The molecule has 0 unspecified atom stereocenters. The lowest BCUT2D eigenvalue weighted by Gasteiger charge is -2.41. The van der Waals surface area contributed by atoms with Crippen LogP contribution in [0.3, 0.4) is 0 Å². The van der Waals surface area contributed by atoms with Gasteiger partial charge in [0.1, 0.15) is 40.4 Å². The summed E-state index contributed by atoms with van der Waals surface area (Å²) >= 11 is 0. The number of morpholine rings is 1. The fourth-order valence-corrected chi connectivity index (χ4v) is 6.44. The van der Waals surface area contributed by atoms with Crippen molar-refractivity contribution in [1.29, 1.82) is 0 Å². The molecule has 0 radical (unpaired) electrons. The van der Waals surface area contributed by atoms with E-state index in [2.05, 4.69) is 89.2 Å². The summed E-state index contributed by atoms with van der Waals surface area (Å²) in [5.74, 6) is 0.733. The molecule has 2 aliphatic heterocycles. The van der Waals surface area contributed by atoms with Crippen LogP contribution in [0.15, 0.2) is 12.5 Å². The maximum atomic E-state index is 11.5. The summed E-state index contributed by atoms with van der Waals surface area (Å²) < 4.78 is 5.25. The van der Waals surface area contributed by atoms with Crippen LogP contribution in [0.4, 0.5) is 4.79 Å². The zero-order valence-electron chi connectivity index (χ0n) is 66.0. The molecule has 2 saturated heterocycles. The van der Waals surface area contributed by atoms with E-state index in [0.29, 0.717) is 41.2 Å². The molecule has 0 aromatic carbocycles. The number of nitrogens with one attached hydrogen (secondary N) is 4. The van der Waals surface area contributed by atoms with Gasteiger partial charge < -0.3 is 36.3 Å². The van der Waals surface area contributed by atoms with Crippen LogP contribution in [0.1, 0.15) is 286 Å². The Morgan fingerprint density at radius 2 is 0.817 bits per heavy atom. The molecule has 1 aromatic heterocycles. The van der Waals surface area contributed by atoms with Crippen molar-refractivity contribution >= 4 is 58.3 Å². The van der Waals surface area contributed by atoms with Crippen LogP contribution >= 0.6 is 0 Å². The Hall–Kier alpha value is -5.05. The summed E-state index contributed by atoms with van der Waals surface area (Å²) in [6.07, 6.45) is 4.43. The zero-order valence-corrected chi connectivity index (χ0v) is 66.0. The third-order valence-corrected chi connectivity index (χ3v) is 12.9. The number of ether oxygens (including phenoxy) is 1. The summed E-state index contributed by atoms with van der Waals surface area (Å²) in [7, 11) is 3.72. The molecule has 2 aliphatic rings. The standard InChI is InChI=1S/C9H20N2.C8H12N2O.C8H15NO2.C8H17NO.C8H14O2.2C7H14O.C6H13NO.C6H12O.C5H12N2O.CH4/c1-9(2,3)11-7-5-10(4)6-8-11;1-8(2,3)7(11)6-4-9-5-10-6;1-8(2,3)6(10)5-7(11)9-4;1-8(2,3)9-4-6-10-7-5-9;1-6(9)5-7(10)8(2,3)4;2*1-5-6(8)7(2,3)4;1-5(8)7-6(2,3)4;1-5(7)6(2,3)4;1-5(2,3)7-4(6)8;/h5-8H2,1-4H3;4-5H,1-3H3,(H,9,10);5H2,1-4H3,(H,9,11);4-7H2,1-3H3;5H2,1-4H3;2*5H2,1-4H3;1-4H3,(H,7,8);1-4H3;1-3H3,(H3,6,7,8);1H4. The number of likely N-dealkylation sites (N-methyl/N-ethyl adjacent to an activating group) is 1. The summed E-state index contributed by atoms with van der Waals surface area (Å²) in [6, 6.07) is -0.475. The smallest absolute Gasteiger partial charge is 0.312 e. The Morgan fingerprint density at radius 1 is 0.495 bits per heavy atom. The van der Waals surface area contributed by atoms with Crippen LogP contribution in [-0.2, 0) is 43.1 Å². The Kier molecular flexibility index (Phi) is 52.5. The number of H-pyrrole nitrogens is 1. The second-order valence-electron chi connectivity index (χ2n) is 33.4. The average molecular weight is 1330 g/mol. The quantitative estimate of drug-likeness (QED) is 0.125. The van der Waals surface area contributed by atoms with Gasteiger partial charge in [0.2, 0.25) is 11.8 Å². The number of primary amides is 1. The van der Waals surface area contributed by atoms with E-state index in [1.54, 1.807) is 33.9 Å². The van der Waals surface area contributed by atoms with Crippen LogP contribution in [0.5, 0.6) is 0 Å². The number of nitrogens with zero attached hydrogens (tertiary/aromatic N) is 4. The van der Waals surface area contributed by atoms with Gasteiger partial charge in [0.25, 0.3) is 0 Å². The van der Waals surface area contributed by atoms with Gasteiger partial charge in [-0.2, -0.15) is 0 Å². The topological polar surface area (TPSA) is 280 Å². The van der Waals surface area contributed by atoms with Gasteiger partial charge in [-0.3, -0.25) is 53.0 Å². The van der Waals surface area contributed by atoms with Crippen molar-refractivity contribution in [2.24, 2.45) is 38.2 Å². The second-order valence-corrected chi connectivity index (χ2v) is 33.4. The fraction of sp³-hybridized carbons (Fsp3) is 0.822. The minimum Gasteiger partial charge on any atom is -0.379 e. The number of hydrogen-bond acceptors (Lipinski definition) is 15. The molecular weight excluding hydrogens is 1180 g/mol. The maximum Gasteiger partial charge on any atom is 0.312 e. The number of ketones is 7. The van der Waals surface area contributed by atoms with Crippen LogP contribution in [0.25, 0.3) is 0 Å². The summed E-state index contributed by atoms with van der Waals surface area (Å²) in [5, 5.41) is 7.67. The molecule has 93 heavy (non-hydrogen) atoms. The normalized spacial score (nSPS) is 13.9. The van der Waals surface area contributed by atoms with Gasteiger partial charge in [0, 0.05) is 121 Å². The predicted molar refractivity (Wildman–Crippen MR) is 389 cm³/mol. The monoisotopic (exact) mass is 1330 g/mol. The van der Waals surface area contributed by atoms with E-state index in [0.717, 1.165) is 26.3 Å². The van der Waals surface area contributed by atoms with Crippen molar-refractivity contribution in [3.63, 3.8) is 0 Å². The number of Topliss-reactive ketones (excluding diaryl/α,β-unsaturated/α-hetero) is 7. The van der Waals surface area contributed by atoms with E-state index >= 15 is 0 Å². The largest absolute Gasteiger partial charge is 0.379 e. The molecule has 550 valence electrons. The van der Waals surface area contributed by atoms with Gasteiger partial charge >= 0.3 is 6.03 Å². The number of carbonyl (C=O) groups excluding carboxylic acids is 10. The third kappa shape index (κ3) is 68.2. The van der Waals surface area contributed by atoms with Crippen molar-refractivity contribution < 1.29 is 52.7 Å². The lowest BCUT2D eigenvalue weighted by atomic mass is 9.88. The number of urea groups is 1. The number of rotatable bonds is 7. The first-order valence-electron chi connectivity index (χ1n) is 32.6. The molecule has 20 nitrogen and oxygen atoms in total. The molecular formula is C73H147N9O11. The van der Waals surface area contributed by atoms with E-state index in [4.69, 9.17) is 10.5 Å². The number of amides is 4. The Balaban J connectivity index is -0.000000144. The fourth-order valence-electron chi connectivity index (χ4n) is 6.44. The Labute approximate surface area is 569 Å². The van der Waals surface area contributed by atoms with E-state index in [9.17, 15) is 47.9 Å². The molecule has 1 aromatic rings. The van der Waals surface area contributed by atoms with E-state index in [-0.39, 0.29) is 99.2 Å². The van der Waals surface area contributed by atoms with Crippen LogP contribution in [0.2, 0.25) is 0 Å². The number of aromatic nitrogens is 2. The van der Waals surface area contributed by atoms with Crippen molar-refractivity contribution in [2.75, 3.05) is 66.6 Å². The van der Waals surface area contributed by atoms with Crippen molar-refractivity contribution in [3.05, 3.63) is 18.2 Å². The van der Waals surface area contributed by atoms with Crippen LogP contribution in [0, 0.1) is 32.5 Å². The molecule has 3 rings (SSSR count). The molecule has 20 heteroatoms. The van der Waals surface area contributed by atoms with Crippen LogP contribution < -0.4 is 21.7 Å². The number of hydrogen-bond donors (Lipinski definition) is 5. The molecule has 2 fully saturated rings. The average Bonchev–Trinajstić information content (AvgIpc) is 2.52. The number of imidazole rings is 1. The number of carbonyl (C=O) groups is 10. The van der Waals surface area contributed by atoms with Gasteiger partial charge in [0.05, 0.1) is 38.6 Å². The highest BCUT2D eigenvalue weighted by molar-refractivity contribution is 6.01. The summed E-state index contributed by atoms with van der Waals surface area (Å²) in [4.78, 5) is 121. The first-order chi connectivity index (χ1) is 40.6. The highest BCUT2D eigenvalue weighted by Gasteiger charge is 2.27. The lowest BCUT2D eigenvalue weighted by molar-refractivity contribution is -0.133. The Morgan fingerprint density at radius 3 is 0.978 bits per heavy atom. The minimum atomic E-state index is -0.475. The van der Waals surface area contributed by atoms with E-state index in [1.165, 1.54) is 53.4 Å². The van der Waals surface area contributed by atoms with Gasteiger partial charge in [-0.1, -0.05) is 146 Å². The Bertz CT molecular complexity index is 2230. The van der Waals surface area contributed by atoms with Gasteiger partial charge in [-0.05, 0) is 104 Å². The molecule has 0 bridgehead atoms. The van der Waals surface area contributed by atoms with Crippen molar-refractivity contribution in [3.8, 4) is 0 Å². The number of piperazine rings is 1. The molecule has 0 atom stereocenters. The number of nitrogens with two attached hydrogens (primary N) is 1. The van der Waals surface area contributed by atoms with Crippen molar-refractivity contribution in [1.82, 2.24) is 40.6 Å². The second kappa shape index (κ2) is 47.0. The molecule has 6 N–H and O–H groups in total. The minimum absolute atomic E-state index is 0. The molecule has 0 aliphatic carbocycles. The SMILES string of the molecule is C.CC(=O)C(C)(C)C.CC(=O)CC(=O)C(C)(C)C.CC(=O)NC(C)(C)C.CC(C)(C)C(=O)c1cnc[nH]1.CC(C)(C)N1CCOCC1.CC(C)(C)NC(N)=O.CCC(=O)C(C)(C)C.CCC(=O)C(C)(C)C.CN1CCN(C(C)(C)C)CC1.CNC(=O)CC(=O)C(C)(C)C. The third-order valence-electron chi connectivity index (χ3n) is 12.9. The van der Waals surface area contributed by atoms with Gasteiger partial charge in [0.15, 0.2) is 5.78 Å². The van der Waals surface area contributed by atoms with Gasteiger partial charge in [-0.15, -0.1) is 0 Å². The molecule has 3 heterocycles. The van der Waals surface area contributed by atoms with Gasteiger partial charge in [-0.25, -0.2) is 9.78 Å². The highest BCUT2D eigenvalue weighted by atomic mass is 16.5. The predicted octanol–water partition coefficient (Wildman–Crippen LogP) is 13.8. The highest BCUT2D eigenvalue weighted by Crippen LogP contribution is 2.21. The first kappa shape index (κ1) is 104. The van der Waals surface area contributed by atoms with Crippen molar-refractivity contribution in [2.45, 2.75) is 298 Å². The maximum absolute atomic E-state index is 11.5. The van der Waals surface area contributed by atoms with E-state index in [1.807, 2.05) is 159 Å². The zero-order chi connectivity index (χ0) is 75.2. The van der Waals surface area contributed by atoms with E-state index < -0.39 is 11.4 Å². The van der Waals surface area contributed by atoms with Crippen LogP contribution in [-0.4, -0.2) is 172 Å². The molecule has 4 amide bonds.